The van der Waals surface area contributed by atoms with Gasteiger partial charge in [0.25, 0.3) is 5.91 Å². The Kier molecular flexibility index (Phi) is 6.32. The molecule has 2 amide bonds. The van der Waals surface area contributed by atoms with Crippen LogP contribution in [0.5, 0.6) is 5.75 Å². The van der Waals surface area contributed by atoms with E-state index in [0.29, 0.717) is 16.5 Å². The van der Waals surface area contributed by atoms with Crippen LogP contribution in [0.15, 0.2) is 54.6 Å². The summed E-state index contributed by atoms with van der Waals surface area (Å²) in [5, 5.41) is 5.42. The van der Waals surface area contributed by atoms with Crippen LogP contribution in [-0.4, -0.2) is 18.9 Å². The van der Waals surface area contributed by atoms with E-state index in [4.69, 9.17) is 16.3 Å². The van der Waals surface area contributed by atoms with E-state index in [1.54, 1.807) is 12.1 Å². The third kappa shape index (κ3) is 4.75. The predicted molar refractivity (Wildman–Crippen MR) is 112 cm³/mol. The van der Waals surface area contributed by atoms with Gasteiger partial charge < -0.3 is 15.4 Å². The minimum Gasteiger partial charge on any atom is -0.497 e. The van der Waals surface area contributed by atoms with Gasteiger partial charge >= 0.3 is 0 Å². The molecule has 3 rings (SSSR count). The van der Waals surface area contributed by atoms with E-state index >= 15 is 0 Å². The van der Waals surface area contributed by atoms with Crippen molar-refractivity contribution in [2.24, 2.45) is 0 Å². The second-order valence-corrected chi connectivity index (χ2v) is 6.80. The molecule has 0 aromatic heterocycles. The van der Waals surface area contributed by atoms with Crippen LogP contribution in [0.25, 0.3) is 11.1 Å². The SMILES string of the molecule is COc1ccc(-c2ccc(C(=O)Nc3cc(Cl)ccc3NC(C)=O)c(F)c2)c(F)c1. The van der Waals surface area contributed by atoms with E-state index in [1.807, 2.05) is 0 Å². The zero-order valence-corrected chi connectivity index (χ0v) is 16.8. The molecule has 2 N–H and O–H groups in total. The second-order valence-electron chi connectivity index (χ2n) is 6.37. The number of benzene rings is 3. The summed E-state index contributed by atoms with van der Waals surface area (Å²) in [4.78, 5) is 23.9. The third-order valence-corrected chi connectivity index (χ3v) is 4.48. The highest BCUT2D eigenvalue weighted by Crippen LogP contribution is 2.29. The normalized spacial score (nSPS) is 10.4. The Morgan fingerprint density at radius 1 is 0.900 bits per heavy atom. The van der Waals surface area contributed by atoms with Crippen molar-refractivity contribution in [2.45, 2.75) is 6.92 Å². The number of nitrogens with one attached hydrogen (secondary N) is 2. The van der Waals surface area contributed by atoms with Gasteiger partial charge in [-0.2, -0.15) is 0 Å². The fourth-order valence-electron chi connectivity index (χ4n) is 2.83. The van der Waals surface area contributed by atoms with Gasteiger partial charge in [-0.3, -0.25) is 9.59 Å². The van der Waals surface area contributed by atoms with Crippen molar-refractivity contribution in [1.29, 1.82) is 0 Å². The number of anilines is 2. The first-order valence-electron chi connectivity index (χ1n) is 8.80. The van der Waals surface area contributed by atoms with Gasteiger partial charge in [0.15, 0.2) is 0 Å². The number of halogens is 3. The summed E-state index contributed by atoms with van der Waals surface area (Å²) in [5.74, 6) is -2.16. The lowest BCUT2D eigenvalue weighted by atomic mass is 10.0. The molecule has 0 saturated heterocycles. The largest absolute Gasteiger partial charge is 0.497 e. The Balaban J connectivity index is 1.88. The molecule has 0 saturated carbocycles. The standard InChI is InChI=1S/C22H17ClF2N2O3/c1-12(28)26-20-8-4-14(23)10-21(20)27-22(29)17-6-3-13(9-18(17)24)16-7-5-15(30-2)11-19(16)25/h3-11H,1-2H3,(H,26,28)(H,27,29). The van der Waals surface area contributed by atoms with Crippen molar-refractivity contribution in [2.75, 3.05) is 17.7 Å². The molecule has 0 atom stereocenters. The van der Waals surface area contributed by atoms with Gasteiger partial charge in [-0.1, -0.05) is 17.7 Å². The van der Waals surface area contributed by atoms with Crippen molar-refractivity contribution < 1.29 is 23.1 Å². The molecule has 3 aromatic carbocycles. The number of carbonyl (C=O) groups excluding carboxylic acids is 2. The van der Waals surface area contributed by atoms with Crippen LogP contribution in [0, 0.1) is 11.6 Å². The van der Waals surface area contributed by atoms with Gasteiger partial charge in [0, 0.05) is 23.6 Å². The minimum absolute atomic E-state index is 0.171. The summed E-state index contributed by atoms with van der Waals surface area (Å²) in [7, 11) is 1.42. The fourth-order valence-corrected chi connectivity index (χ4v) is 3.00. The average Bonchev–Trinajstić information content (AvgIpc) is 2.69. The molecular formula is C22H17ClF2N2O3. The first-order valence-corrected chi connectivity index (χ1v) is 9.18. The highest BCUT2D eigenvalue weighted by molar-refractivity contribution is 6.31. The fraction of sp³-hybridized carbons (Fsp3) is 0.0909. The molecule has 0 bridgehead atoms. The number of hydrogen-bond acceptors (Lipinski definition) is 3. The molecule has 0 unspecified atom stereocenters. The second kappa shape index (κ2) is 8.92. The first-order chi connectivity index (χ1) is 14.3. The lowest BCUT2D eigenvalue weighted by molar-refractivity contribution is -0.114. The maximum atomic E-state index is 14.7. The molecule has 8 heteroatoms. The Labute approximate surface area is 176 Å². The van der Waals surface area contributed by atoms with E-state index < -0.39 is 17.5 Å². The molecule has 154 valence electrons. The Morgan fingerprint density at radius 3 is 2.30 bits per heavy atom. The van der Waals surface area contributed by atoms with Gasteiger partial charge in [-0.25, -0.2) is 8.78 Å². The monoisotopic (exact) mass is 430 g/mol. The van der Waals surface area contributed by atoms with Crippen molar-refractivity contribution in [3.63, 3.8) is 0 Å². The Morgan fingerprint density at radius 2 is 1.67 bits per heavy atom. The van der Waals surface area contributed by atoms with Gasteiger partial charge in [0.1, 0.15) is 17.4 Å². The van der Waals surface area contributed by atoms with E-state index in [9.17, 15) is 18.4 Å². The molecular weight excluding hydrogens is 414 g/mol. The maximum Gasteiger partial charge on any atom is 0.258 e. The number of rotatable bonds is 5. The van der Waals surface area contributed by atoms with Crippen LogP contribution in [0.4, 0.5) is 20.2 Å². The van der Waals surface area contributed by atoms with E-state index in [-0.39, 0.29) is 28.3 Å². The van der Waals surface area contributed by atoms with Crippen LogP contribution >= 0.6 is 11.6 Å². The quantitative estimate of drug-likeness (QED) is 0.561. The van der Waals surface area contributed by atoms with Gasteiger partial charge in [-0.15, -0.1) is 0 Å². The van der Waals surface area contributed by atoms with Crippen molar-refractivity contribution in [1.82, 2.24) is 0 Å². The van der Waals surface area contributed by atoms with Crippen molar-refractivity contribution in [3.05, 3.63) is 76.8 Å². The van der Waals surface area contributed by atoms with Gasteiger partial charge in [0.2, 0.25) is 5.91 Å². The van der Waals surface area contributed by atoms with E-state index in [1.165, 1.54) is 50.4 Å². The Hall–Kier alpha value is -3.45. The molecule has 0 spiro atoms. The van der Waals surface area contributed by atoms with Crippen molar-refractivity contribution in [3.8, 4) is 16.9 Å². The molecule has 0 radical (unpaired) electrons. The van der Waals surface area contributed by atoms with Crippen LogP contribution in [0.2, 0.25) is 5.02 Å². The molecule has 0 aliphatic heterocycles. The third-order valence-electron chi connectivity index (χ3n) is 4.24. The van der Waals surface area contributed by atoms with Gasteiger partial charge in [-0.05, 0) is 48.0 Å². The summed E-state index contributed by atoms with van der Waals surface area (Å²) >= 11 is 5.96. The van der Waals surface area contributed by atoms with E-state index in [0.717, 1.165) is 6.07 Å². The van der Waals surface area contributed by atoms with Crippen LogP contribution in [-0.2, 0) is 4.79 Å². The highest BCUT2D eigenvalue weighted by atomic mass is 35.5. The predicted octanol–water partition coefficient (Wildman–Crippen LogP) is 5.50. The summed E-state index contributed by atoms with van der Waals surface area (Å²) in [6.45, 7) is 1.32. The van der Waals surface area contributed by atoms with Crippen molar-refractivity contribution >= 4 is 34.8 Å². The Bertz CT molecular complexity index is 1140. The average molecular weight is 431 g/mol. The lowest BCUT2D eigenvalue weighted by Gasteiger charge is -2.13. The molecule has 0 fully saturated rings. The maximum absolute atomic E-state index is 14.7. The number of methoxy groups -OCH3 is 1. The number of hydrogen-bond donors (Lipinski definition) is 2. The molecule has 0 aliphatic rings. The smallest absolute Gasteiger partial charge is 0.258 e. The minimum atomic E-state index is -0.830. The summed E-state index contributed by atoms with van der Waals surface area (Å²) in [5.41, 5.74) is 0.724. The topological polar surface area (TPSA) is 67.4 Å². The number of carbonyl (C=O) groups is 2. The first kappa shape index (κ1) is 21.3. The van der Waals surface area contributed by atoms with Crippen LogP contribution in [0.1, 0.15) is 17.3 Å². The lowest BCUT2D eigenvalue weighted by Crippen LogP contribution is -2.16. The number of amides is 2. The summed E-state index contributed by atoms with van der Waals surface area (Å²) in [6.07, 6.45) is 0. The number of ether oxygens (including phenoxy) is 1. The van der Waals surface area contributed by atoms with Crippen LogP contribution < -0.4 is 15.4 Å². The molecule has 5 nitrogen and oxygen atoms in total. The zero-order valence-electron chi connectivity index (χ0n) is 16.1. The molecule has 30 heavy (non-hydrogen) atoms. The van der Waals surface area contributed by atoms with Gasteiger partial charge in [0.05, 0.1) is 24.0 Å². The highest BCUT2D eigenvalue weighted by Gasteiger charge is 2.16. The molecule has 3 aromatic rings. The van der Waals surface area contributed by atoms with Crippen LogP contribution in [0.3, 0.4) is 0 Å². The summed E-state index contributed by atoms with van der Waals surface area (Å²) in [6, 6.07) is 12.5. The molecule has 0 aliphatic carbocycles. The summed E-state index contributed by atoms with van der Waals surface area (Å²) < 4.78 is 33.9. The molecule has 0 heterocycles. The zero-order chi connectivity index (χ0) is 21.8. The van der Waals surface area contributed by atoms with E-state index in [2.05, 4.69) is 10.6 Å².